The number of nitrogens with one attached hydrogen (secondary N) is 1. The second-order valence-corrected chi connectivity index (χ2v) is 6.37. The summed E-state index contributed by atoms with van der Waals surface area (Å²) in [5, 5.41) is 3.31. The summed E-state index contributed by atoms with van der Waals surface area (Å²) in [5.74, 6) is 3.00. The number of benzene rings is 2. The van der Waals surface area contributed by atoms with Crippen LogP contribution in [-0.4, -0.2) is 32.3 Å². The van der Waals surface area contributed by atoms with E-state index >= 15 is 0 Å². The molecule has 0 amide bonds. The molecule has 0 aromatic heterocycles. The van der Waals surface area contributed by atoms with Crippen LogP contribution in [0.5, 0.6) is 17.2 Å². The highest BCUT2D eigenvalue weighted by molar-refractivity contribution is 5.78. The van der Waals surface area contributed by atoms with Crippen molar-refractivity contribution in [3.8, 4) is 17.2 Å². The number of nitrogens with zero attached hydrogens (tertiary/aromatic N) is 1. The minimum absolute atomic E-state index is 0.137. The van der Waals surface area contributed by atoms with E-state index < -0.39 is 0 Å². The molecule has 2 aromatic rings. The summed E-state index contributed by atoms with van der Waals surface area (Å²) in [5.41, 5.74) is 8.37. The van der Waals surface area contributed by atoms with Gasteiger partial charge < -0.3 is 25.3 Å². The van der Waals surface area contributed by atoms with Gasteiger partial charge in [0.2, 0.25) is 0 Å². The molecule has 6 nitrogen and oxygen atoms in total. The van der Waals surface area contributed by atoms with Crippen LogP contribution in [0.4, 0.5) is 0 Å². The predicted octanol–water partition coefficient (Wildman–Crippen LogP) is 2.43. The zero-order valence-corrected chi connectivity index (χ0v) is 14.6. The van der Waals surface area contributed by atoms with Crippen molar-refractivity contribution in [2.24, 2.45) is 10.7 Å². The Morgan fingerprint density at radius 3 is 2.73 bits per heavy atom. The van der Waals surface area contributed by atoms with Gasteiger partial charge in [-0.15, -0.1) is 0 Å². The molecule has 3 N–H and O–H groups in total. The molecule has 2 aliphatic rings. The summed E-state index contributed by atoms with van der Waals surface area (Å²) in [4.78, 5) is 4.47. The lowest BCUT2D eigenvalue weighted by molar-refractivity contribution is 0.171. The lowest BCUT2D eigenvalue weighted by atomic mass is 10.0. The Bertz CT molecular complexity index is 807. The molecule has 6 heteroatoms. The number of para-hydroxylation sites is 1. The van der Waals surface area contributed by atoms with Crippen molar-refractivity contribution in [2.75, 3.05) is 26.4 Å². The molecule has 26 heavy (non-hydrogen) atoms. The molecular formula is C20H23N3O3. The Morgan fingerprint density at radius 2 is 1.81 bits per heavy atom. The van der Waals surface area contributed by atoms with Crippen molar-refractivity contribution in [2.45, 2.75) is 18.9 Å². The molecule has 4 rings (SSSR count). The normalized spacial score (nSPS) is 18.6. The second kappa shape index (κ2) is 7.56. The molecule has 2 aliphatic heterocycles. The van der Waals surface area contributed by atoms with Gasteiger partial charge in [-0.2, -0.15) is 0 Å². The van der Waals surface area contributed by atoms with Crippen molar-refractivity contribution < 1.29 is 14.2 Å². The highest BCUT2D eigenvalue weighted by atomic mass is 16.6. The topological polar surface area (TPSA) is 78.1 Å². The maximum absolute atomic E-state index is 6.09. The largest absolute Gasteiger partial charge is 0.493 e. The molecule has 0 bridgehead atoms. The van der Waals surface area contributed by atoms with E-state index in [0.717, 1.165) is 41.2 Å². The Labute approximate surface area is 153 Å². The molecule has 0 aliphatic carbocycles. The molecule has 0 spiro atoms. The third kappa shape index (κ3) is 3.69. The van der Waals surface area contributed by atoms with E-state index in [2.05, 4.69) is 16.4 Å². The first-order valence-corrected chi connectivity index (χ1v) is 8.96. The number of rotatable bonds is 4. The molecule has 1 atom stereocenters. The quantitative estimate of drug-likeness (QED) is 0.652. The number of fused-ring (bicyclic) bond motifs is 2. The summed E-state index contributed by atoms with van der Waals surface area (Å²) >= 11 is 0. The maximum Gasteiger partial charge on any atom is 0.189 e. The number of guanidine groups is 1. The summed E-state index contributed by atoms with van der Waals surface area (Å²) in [7, 11) is 0. The number of hydrogen-bond donors (Lipinski definition) is 2. The first-order valence-electron chi connectivity index (χ1n) is 8.96. The van der Waals surface area contributed by atoms with Crippen LogP contribution >= 0.6 is 0 Å². The summed E-state index contributed by atoms with van der Waals surface area (Å²) in [6.07, 6.45) is 1.67. The van der Waals surface area contributed by atoms with Gasteiger partial charge in [-0.3, -0.25) is 4.99 Å². The Hall–Kier alpha value is -2.89. The maximum atomic E-state index is 6.09. The predicted molar refractivity (Wildman–Crippen MR) is 100 cm³/mol. The van der Waals surface area contributed by atoms with E-state index in [9.17, 15) is 0 Å². The van der Waals surface area contributed by atoms with Crippen LogP contribution in [0.15, 0.2) is 47.5 Å². The molecule has 0 saturated heterocycles. The zero-order chi connectivity index (χ0) is 17.8. The minimum atomic E-state index is 0.137. The number of ether oxygens (including phenoxy) is 3. The molecule has 0 saturated carbocycles. The molecule has 0 radical (unpaired) electrons. The molecule has 136 valence electrons. The number of aliphatic imine (C=N–C) groups is 1. The second-order valence-electron chi connectivity index (χ2n) is 6.37. The fourth-order valence-electron chi connectivity index (χ4n) is 3.26. The SMILES string of the molecule is NC(=NCCc1ccc2c(c1)OCCO2)NC1CCOc2ccccc21. The Balaban J connectivity index is 1.35. The van der Waals surface area contributed by atoms with Gasteiger partial charge >= 0.3 is 0 Å². The highest BCUT2D eigenvalue weighted by Crippen LogP contribution is 2.32. The van der Waals surface area contributed by atoms with Crippen LogP contribution in [0.1, 0.15) is 23.6 Å². The van der Waals surface area contributed by atoms with Crippen LogP contribution in [0.3, 0.4) is 0 Å². The fraction of sp³-hybridized carbons (Fsp3) is 0.350. The van der Waals surface area contributed by atoms with Crippen LogP contribution in [0.2, 0.25) is 0 Å². The molecule has 0 fully saturated rings. The van der Waals surface area contributed by atoms with Gasteiger partial charge in [0.1, 0.15) is 19.0 Å². The first kappa shape index (κ1) is 16.6. The van der Waals surface area contributed by atoms with E-state index in [-0.39, 0.29) is 6.04 Å². The first-order chi connectivity index (χ1) is 12.8. The molecule has 2 heterocycles. The molecule has 1 unspecified atom stereocenters. The lowest BCUT2D eigenvalue weighted by Gasteiger charge is -2.26. The highest BCUT2D eigenvalue weighted by Gasteiger charge is 2.21. The van der Waals surface area contributed by atoms with Crippen molar-refractivity contribution >= 4 is 5.96 Å². The average Bonchev–Trinajstić information content (AvgIpc) is 2.68. The van der Waals surface area contributed by atoms with E-state index in [0.29, 0.717) is 32.3 Å². The van der Waals surface area contributed by atoms with E-state index in [1.54, 1.807) is 0 Å². The molecular weight excluding hydrogens is 330 g/mol. The monoisotopic (exact) mass is 353 g/mol. The summed E-state index contributed by atoms with van der Waals surface area (Å²) in [6.45, 7) is 2.49. The van der Waals surface area contributed by atoms with E-state index in [1.807, 2.05) is 36.4 Å². The summed E-state index contributed by atoms with van der Waals surface area (Å²) in [6, 6.07) is 14.2. The minimum Gasteiger partial charge on any atom is -0.493 e. The van der Waals surface area contributed by atoms with Crippen LogP contribution in [0, 0.1) is 0 Å². The van der Waals surface area contributed by atoms with Crippen molar-refractivity contribution in [1.29, 1.82) is 0 Å². The van der Waals surface area contributed by atoms with Crippen molar-refractivity contribution in [1.82, 2.24) is 5.32 Å². The van der Waals surface area contributed by atoms with Gasteiger partial charge in [0.25, 0.3) is 0 Å². The lowest BCUT2D eigenvalue weighted by Crippen LogP contribution is -2.37. The van der Waals surface area contributed by atoms with Gasteiger partial charge in [0.15, 0.2) is 17.5 Å². The number of hydrogen-bond acceptors (Lipinski definition) is 4. The summed E-state index contributed by atoms with van der Waals surface area (Å²) < 4.78 is 16.8. The number of nitrogens with two attached hydrogens (primary N) is 1. The van der Waals surface area contributed by atoms with Gasteiger partial charge in [0.05, 0.1) is 12.6 Å². The van der Waals surface area contributed by atoms with Gasteiger partial charge in [-0.1, -0.05) is 24.3 Å². The fourth-order valence-corrected chi connectivity index (χ4v) is 3.26. The van der Waals surface area contributed by atoms with E-state index in [4.69, 9.17) is 19.9 Å². The smallest absolute Gasteiger partial charge is 0.189 e. The van der Waals surface area contributed by atoms with Crippen LogP contribution in [0.25, 0.3) is 0 Å². The standard InChI is InChI=1S/C20H23N3O3/c21-20(23-16-8-10-24-17-4-2-1-3-15(16)17)22-9-7-14-5-6-18-19(13-14)26-12-11-25-18/h1-6,13,16H,7-12H2,(H3,21,22,23). The van der Waals surface area contributed by atoms with Gasteiger partial charge in [0, 0.05) is 18.5 Å². The van der Waals surface area contributed by atoms with Gasteiger partial charge in [-0.25, -0.2) is 0 Å². The van der Waals surface area contributed by atoms with Crippen molar-refractivity contribution in [3.63, 3.8) is 0 Å². The third-order valence-corrected chi connectivity index (χ3v) is 4.57. The van der Waals surface area contributed by atoms with Gasteiger partial charge in [-0.05, 0) is 30.2 Å². The third-order valence-electron chi connectivity index (χ3n) is 4.57. The van der Waals surface area contributed by atoms with E-state index in [1.165, 1.54) is 0 Å². The molecule has 2 aromatic carbocycles. The van der Waals surface area contributed by atoms with Crippen molar-refractivity contribution in [3.05, 3.63) is 53.6 Å². The van der Waals surface area contributed by atoms with Crippen LogP contribution in [-0.2, 0) is 6.42 Å². The van der Waals surface area contributed by atoms with Crippen LogP contribution < -0.4 is 25.3 Å². The Kier molecular flexibility index (Phi) is 4.82. The average molecular weight is 353 g/mol. The zero-order valence-electron chi connectivity index (χ0n) is 14.6. The Morgan fingerprint density at radius 1 is 1.00 bits per heavy atom.